The molecule has 20 heavy (non-hydrogen) atoms. The third-order valence-electron chi connectivity index (χ3n) is 2.96. The Morgan fingerprint density at radius 2 is 2.20 bits per heavy atom. The molecule has 0 fully saturated rings. The van der Waals surface area contributed by atoms with Crippen LogP contribution in [0.4, 0.5) is 0 Å². The molecule has 0 aliphatic heterocycles. The molecule has 0 aliphatic carbocycles. The molecule has 3 rings (SSSR count). The molecule has 0 atom stereocenters. The Hall–Kier alpha value is -1.85. The fraction of sp³-hybridized carbons (Fsp3) is 0.0667. The standard InChI is InChI=1S/C15H12N2OS2/c18-15(17-9-12-4-2-6-20-12)11-7-10-3-1-5-13(19)14(10)16-8-11/h1-8,19H,9H2,(H,17,18). The van der Waals surface area contributed by atoms with Crippen LogP contribution in [-0.2, 0) is 6.54 Å². The van der Waals surface area contributed by atoms with Crippen LogP contribution in [0.15, 0.2) is 52.9 Å². The number of thiophene rings is 1. The summed E-state index contributed by atoms with van der Waals surface area (Å²) in [5.74, 6) is -0.114. The van der Waals surface area contributed by atoms with Gasteiger partial charge in [0.2, 0.25) is 0 Å². The highest BCUT2D eigenvalue weighted by Gasteiger charge is 2.08. The maximum absolute atomic E-state index is 12.1. The van der Waals surface area contributed by atoms with E-state index in [9.17, 15) is 4.79 Å². The number of aromatic nitrogens is 1. The Kier molecular flexibility index (Phi) is 3.71. The number of pyridine rings is 1. The molecule has 5 heteroatoms. The van der Waals surface area contributed by atoms with E-state index in [4.69, 9.17) is 0 Å². The quantitative estimate of drug-likeness (QED) is 0.727. The first-order valence-corrected chi connectivity index (χ1v) is 7.45. The van der Waals surface area contributed by atoms with Crippen molar-refractivity contribution in [2.75, 3.05) is 0 Å². The van der Waals surface area contributed by atoms with E-state index in [2.05, 4.69) is 22.9 Å². The number of para-hydroxylation sites is 1. The van der Waals surface area contributed by atoms with E-state index in [1.54, 1.807) is 17.5 Å². The predicted octanol–water partition coefficient (Wildman–Crippen LogP) is 3.52. The minimum atomic E-state index is -0.114. The predicted molar refractivity (Wildman–Crippen MR) is 84.5 cm³/mol. The van der Waals surface area contributed by atoms with Crippen molar-refractivity contribution in [3.05, 3.63) is 58.4 Å². The van der Waals surface area contributed by atoms with Crippen LogP contribution in [0.5, 0.6) is 0 Å². The molecule has 2 aromatic heterocycles. The summed E-state index contributed by atoms with van der Waals surface area (Å²) >= 11 is 5.98. The Morgan fingerprint density at radius 3 is 3.00 bits per heavy atom. The molecule has 0 saturated heterocycles. The maximum atomic E-state index is 12.1. The lowest BCUT2D eigenvalue weighted by Gasteiger charge is -2.05. The van der Waals surface area contributed by atoms with Crippen LogP contribution >= 0.6 is 24.0 Å². The van der Waals surface area contributed by atoms with Crippen LogP contribution < -0.4 is 5.32 Å². The zero-order valence-corrected chi connectivity index (χ0v) is 12.2. The molecule has 2 heterocycles. The fourth-order valence-corrected chi connectivity index (χ4v) is 2.87. The second-order valence-corrected chi connectivity index (χ2v) is 5.85. The number of nitrogens with zero attached hydrogens (tertiary/aromatic N) is 1. The van der Waals surface area contributed by atoms with Crippen molar-refractivity contribution in [2.24, 2.45) is 0 Å². The topological polar surface area (TPSA) is 42.0 Å². The molecule has 3 aromatic rings. The van der Waals surface area contributed by atoms with Gasteiger partial charge in [0.15, 0.2) is 0 Å². The minimum absolute atomic E-state index is 0.114. The van der Waals surface area contributed by atoms with Gasteiger partial charge >= 0.3 is 0 Å². The second-order valence-electron chi connectivity index (χ2n) is 4.33. The van der Waals surface area contributed by atoms with Gasteiger partial charge < -0.3 is 5.32 Å². The van der Waals surface area contributed by atoms with Crippen molar-refractivity contribution in [2.45, 2.75) is 11.4 Å². The number of carbonyl (C=O) groups is 1. The van der Waals surface area contributed by atoms with Crippen LogP contribution in [0.2, 0.25) is 0 Å². The van der Waals surface area contributed by atoms with Crippen LogP contribution in [0.3, 0.4) is 0 Å². The Balaban J connectivity index is 1.81. The molecule has 0 aliphatic rings. The number of rotatable bonds is 3. The number of fused-ring (bicyclic) bond motifs is 1. The Labute approximate surface area is 126 Å². The first-order valence-electron chi connectivity index (χ1n) is 6.12. The third kappa shape index (κ3) is 2.69. The van der Waals surface area contributed by atoms with Gasteiger partial charge in [0.05, 0.1) is 17.6 Å². The van der Waals surface area contributed by atoms with Crippen LogP contribution in [-0.4, -0.2) is 10.9 Å². The lowest BCUT2D eigenvalue weighted by atomic mass is 10.1. The summed E-state index contributed by atoms with van der Waals surface area (Å²) in [5, 5.41) is 5.80. The molecule has 0 bridgehead atoms. The van der Waals surface area contributed by atoms with Gasteiger partial charge in [0.25, 0.3) is 5.91 Å². The van der Waals surface area contributed by atoms with Gasteiger partial charge in [0, 0.05) is 21.4 Å². The Bertz CT molecular complexity index is 754. The molecule has 1 N–H and O–H groups in total. The zero-order chi connectivity index (χ0) is 13.9. The van der Waals surface area contributed by atoms with E-state index in [1.165, 1.54) is 0 Å². The first kappa shape index (κ1) is 13.1. The van der Waals surface area contributed by atoms with Gasteiger partial charge in [-0.05, 0) is 23.6 Å². The van der Waals surface area contributed by atoms with Gasteiger partial charge in [0.1, 0.15) is 0 Å². The van der Waals surface area contributed by atoms with Crippen molar-refractivity contribution in [3.63, 3.8) is 0 Å². The molecule has 1 aromatic carbocycles. The largest absolute Gasteiger partial charge is 0.347 e. The van der Waals surface area contributed by atoms with E-state index < -0.39 is 0 Å². The number of benzene rings is 1. The average Bonchev–Trinajstić information content (AvgIpc) is 2.98. The van der Waals surface area contributed by atoms with Crippen molar-refractivity contribution in [1.82, 2.24) is 10.3 Å². The summed E-state index contributed by atoms with van der Waals surface area (Å²) < 4.78 is 0. The highest BCUT2D eigenvalue weighted by Crippen LogP contribution is 2.20. The zero-order valence-electron chi connectivity index (χ0n) is 10.5. The van der Waals surface area contributed by atoms with Gasteiger partial charge in [-0.3, -0.25) is 9.78 Å². The van der Waals surface area contributed by atoms with Gasteiger partial charge in [-0.1, -0.05) is 18.2 Å². The van der Waals surface area contributed by atoms with E-state index in [1.807, 2.05) is 41.8 Å². The SMILES string of the molecule is O=C(NCc1cccs1)c1cnc2c(S)cccc2c1. The minimum Gasteiger partial charge on any atom is -0.347 e. The molecule has 0 unspecified atom stereocenters. The second kappa shape index (κ2) is 5.64. The van der Waals surface area contributed by atoms with E-state index in [0.29, 0.717) is 12.1 Å². The normalized spacial score (nSPS) is 10.7. The van der Waals surface area contributed by atoms with E-state index >= 15 is 0 Å². The number of nitrogens with one attached hydrogen (secondary N) is 1. The van der Waals surface area contributed by atoms with Crippen molar-refractivity contribution < 1.29 is 4.79 Å². The fourth-order valence-electron chi connectivity index (χ4n) is 1.95. The van der Waals surface area contributed by atoms with Crippen molar-refractivity contribution in [3.8, 4) is 0 Å². The number of amides is 1. The van der Waals surface area contributed by atoms with Gasteiger partial charge in [-0.15, -0.1) is 24.0 Å². The molecule has 1 amide bonds. The lowest BCUT2D eigenvalue weighted by molar-refractivity contribution is 0.0951. The highest BCUT2D eigenvalue weighted by atomic mass is 32.1. The molecule has 100 valence electrons. The summed E-state index contributed by atoms with van der Waals surface area (Å²) in [4.78, 5) is 18.4. The van der Waals surface area contributed by atoms with E-state index in [-0.39, 0.29) is 5.91 Å². The van der Waals surface area contributed by atoms with E-state index in [0.717, 1.165) is 20.7 Å². The summed E-state index contributed by atoms with van der Waals surface area (Å²) in [7, 11) is 0. The lowest BCUT2D eigenvalue weighted by Crippen LogP contribution is -2.22. The van der Waals surface area contributed by atoms with Crippen molar-refractivity contribution >= 4 is 40.8 Å². The number of hydrogen-bond donors (Lipinski definition) is 2. The molecule has 0 radical (unpaired) electrons. The first-order chi connectivity index (χ1) is 9.74. The van der Waals surface area contributed by atoms with Crippen molar-refractivity contribution in [1.29, 1.82) is 0 Å². The monoisotopic (exact) mass is 300 g/mol. The smallest absolute Gasteiger partial charge is 0.253 e. The van der Waals surface area contributed by atoms with Gasteiger partial charge in [-0.2, -0.15) is 0 Å². The highest BCUT2D eigenvalue weighted by molar-refractivity contribution is 7.80. The molecule has 0 spiro atoms. The van der Waals surface area contributed by atoms with Crippen LogP contribution in [0.1, 0.15) is 15.2 Å². The third-order valence-corrected chi connectivity index (χ3v) is 4.19. The maximum Gasteiger partial charge on any atom is 0.253 e. The molecule has 3 nitrogen and oxygen atoms in total. The van der Waals surface area contributed by atoms with Crippen LogP contribution in [0.25, 0.3) is 10.9 Å². The number of carbonyl (C=O) groups excluding carboxylic acids is 1. The molecular weight excluding hydrogens is 288 g/mol. The average molecular weight is 300 g/mol. The summed E-state index contributed by atoms with van der Waals surface area (Å²) in [5.41, 5.74) is 1.37. The number of hydrogen-bond acceptors (Lipinski definition) is 4. The van der Waals surface area contributed by atoms with Gasteiger partial charge in [-0.25, -0.2) is 0 Å². The summed E-state index contributed by atoms with van der Waals surface area (Å²) in [6.45, 7) is 0.543. The number of thiol groups is 1. The summed E-state index contributed by atoms with van der Waals surface area (Å²) in [6, 6.07) is 11.5. The Morgan fingerprint density at radius 1 is 1.30 bits per heavy atom. The molecular formula is C15H12N2OS2. The molecule has 0 saturated carbocycles. The van der Waals surface area contributed by atoms with Crippen LogP contribution in [0, 0.1) is 0 Å². The summed E-state index contributed by atoms with van der Waals surface area (Å²) in [6.07, 6.45) is 1.59.